The van der Waals surface area contributed by atoms with Crippen LogP contribution < -0.4 is 5.56 Å². The Bertz CT molecular complexity index is 1180. The summed E-state index contributed by atoms with van der Waals surface area (Å²) in [6, 6.07) is 9.34. The van der Waals surface area contributed by atoms with Crippen LogP contribution in [0.4, 0.5) is 0 Å². The van der Waals surface area contributed by atoms with Crippen molar-refractivity contribution in [2.45, 2.75) is 20.8 Å². The molecule has 4 aromatic rings. The maximum absolute atomic E-state index is 13.1. The van der Waals surface area contributed by atoms with Crippen LogP contribution >= 0.6 is 0 Å². The van der Waals surface area contributed by atoms with Crippen LogP contribution in [0.2, 0.25) is 0 Å². The molecule has 0 fully saturated rings. The van der Waals surface area contributed by atoms with E-state index in [2.05, 4.69) is 20.3 Å². The summed E-state index contributed by atoms with van der Waals surface area (Å²) < 4.78 is 4.98. The smallest absolute Gasteiger partial charge is 0.267 e. The lowest BCUT2D eigenvalue weighted by molar-refractivity contribution is 0.573. The van der Waals surface area contributed by atoms with Gasteiger partial charge in [0.05, 0.1) is 17.1 Å². The number of hydrogen-bond donors (Lipinski definition) is 0. The number of benzene rings is 1. The van der Waals surface area contributed by atoms with E-state index in [9.17, 15) is 4.79 Å². The first-order chi connectivity index (χ1) is 12.6. The molecule has 3 aromatic heterocycles. The molecule has 0 aliphatic carbocycles. The summed E-state index contributed by atoms with van der Waals surface area (Å²) in [7, 11) is 0. The fourth-order valence-corrected chi connectivity index (χ4v) is 3.07. The van der Waals surface area contributed by atoms with E-state index in [1.807, 2.05) is 49.7 Å². The van der Waals surface area contributed by atoms with Crippen molar-refractivity contribution in [2.75, 3.05) is 0 Å². The molecule has 0 radical (unpaired) electrons. The Morgan fingerprint density at radius 2 is 1.77 bits per heavy atom. The maximum atomic E-state index is 13.1. The summed E-state index contributed by atoms with van der Waals surface area (Å²) in [5.41, 5.74) is 3.30. The van der Waals surface area contributed by atoms with Crippen LogP contribution in [-0.2, 0) is 0 Å². The van der Waals surface area contributed by atoms with Crippen molar-refractivity contribution in [2.24, 2.45) is 5.10 Å². The second kappa shape index (κ2) is 6.07. The molecule has 4 rings (SSSR count). The monoisotopic (exact) mass is 347 g/mol. The van der Waals surface area contributed by atoms with Gasteiger partial charge in [-0.15, -0.1) is 10.2 Å². The molecule has 0 bridgehead atoms. The van der Waals surface area contributed by atoms with Crippen LogP contribution in [0.25, 0.3) is 10.9 Å². The largest absolute Gasteiger partial charge is 0.280 e. The second-order valence-electron chi connectivity index (χ2n) is 6.02. The van der Waals surface area contributed by atoms with E-state index in [0.717, 1.165) is 17.0 Å². The Kier molecular flexibility index (Phi) is 3.72. The van der Waals surface area contributed by atoms with Crippen molar-refractivity contribution in [3.63, 3.8) is 0 Å². The zero-order chi connectivity index (χ0) is 18.3. The minimum Gasteiger partial charge on any atom is -0.267 e. The summed E-state index contributed by atoms with van der Waals surface area (Å²) >= 11 is 0. The molecule has 0 saturated carbocycles. The van der Waals surface area contributed by atoms with E-state index in [4.69, 9.17) is 0 Å². The standard InChI is InChI=1S/C18H17N7O/c1-12-8-15(9-21-23-10-19-20-11-23)13(2)24(12)25-14(3)22-17-7-5-4-6-16(17)18(25)26/h4-11H,1-3H3. The molecule has 8 heteroatoms. The van der Waals surface area contributed by atoms with Crippen LogP contribution in [0, 0.1) is 20.8 Å². The molecule has 26 heavy (non-hydrogen) atoms. The molecule has 130 valence electrons. The minimum atomic E-state index is -0.0998. The van der Waals surface area contributed by atoms with Crippen LogP contribution in [0.3, 0.4) is 0 Å². The molecular weight excluding hydrogens is 330 g/mol. The van der Waals surface area contributed by atoms with E-state index in [1.165, 1.54) is 17.3 Å². The number of fused-ring (bicyclic) bond motifs is 1. The molecule has 0 atom stereocenters. The van der Waals surface area contributed by atoms with E-state index in [0.29, 0.717) is 16.7 Å². The molecule has 0 saturated heterocycles. The van der Waals surface area contributed by atoms with Crippen molar-refractivity contribution >= 4 is 17.1 Å². The Labute approximate surface area is 149 Å². The molecule has 0 unspecified atom stereocenters. The molecule has 0 N–H and O–H groups in total. The lowest BCUT2D eigenvalue weighted by Gasteiger charge is -2.16. The van der Waals surface area contributed by atoms with Gasteiger partial charge in [0.2, 0.25) is 0 Å². The average molecular weight is 347 g/mol. The second-order valence-corrected chi connectivity index (χ2v) is 6.02. The van der Waals surface area contributed by atoms with Gasteiger partial charge in [-0.05, 0) is 39.0 Å². The quantitative estimate of drug-likeness (QED) is 0.530. The molecule has 3 heterocycles. The molecule has 0 aliphatic rings. The van der Waals surface area contributed by atoms with Crippen LogP contribution in [0.15, 0.2) is 52.9 Å². The van der Waals surface area contributed by atoms with Crippen molar-refractivity contribution in [3.05, 3.63) is 76.1 Å². The molecule has 8 nitrogen and oxygen atoms in total. The summed E-state index contributed by atoms with van der Waals surface area (Å²) in [5, 5.41) is 12.3. The Hall–Kier alpha value is -3.55. The summed E-state index contributed by atoms with van der Waals surface area (Å²) in [5.74, 6) is 0.623. The third-order valence-electron chi connectivity index (χ3n) is 4.29. The number of aromatic nitrogens is 6. The third kappa shape index (κ3) is 2.52. The van der Waals surface area contributed by atoms with Gasteiger partial charge in [0.1, 0.15) is 18.5 Å². The van der Waals surface area contributed by atoms with Crippen LogP contribution in [-0.4, -0.2) is 35.4 Å². The zero-order valence-electron chi connectivity index (χ0n) is 14.7. The van der Waals surface area contributed by atoms with Crippen molar-refractivity contribution in [3.8, 4) is 0 Å². The third-order valence-corrected chi connectivity index (χ3v) is 4.29. The summed E-state index contributed by atoms with van der Waals surface area (Å²) in [4.78, 5) is 17.6. The molecule has 0 aliphatic heterocycles. The Balaban J connectivity index is 1.89. The maximum Gasteiger partial charge on any atom is 0.280 e. The Morgan fingerprint density at radius 1 is 1.04 bits per heavy atom. The van der Waals surface area contributed by atoms with Gasteiger partial charge in [0, 0.05) is 17.0 Å². The number of para-hydroxylation sites is 1. The van der Waals surface area contributed by atoms with Crippen LogP contribution in [0.1, 0.15) is 22.8 Å². The van der Waals surface area contributed by atoms with Gasteiger partial charge < -0.3 is 0 Å². The first-order valence-electron chi connectivity index (χ1n) is 8.13. The van der Waals surface area contributed by atoms with E-state index >= 15 is 0 Å². The topological polar surface area (TPSA) is 82.9 Å². The predicted molar refractivity (Wildman–Crippen MR) is 98.5 cm³/mol. The molecule has 0 amide bonds. The fourth-order valence-electron chi connectivity index (χ4n) is 3.07. The van der Waals surface area contributed by atoms with Crippen molar-refractivity contribution in [1.29, 1.82) is 0 Å². The van der Waals surface area contributed by atoms with E-state index in [1.54, 1.807) is 17.0 Å². The molecule has 0 spiro atoms. The average Bonchev–Trinajstić information content (AvgIpc) is 3.23. The van der Waals surface area contributed by atoms with Crippen LogP contribution in [0.5, 0.6) is 0 Å². The zero-order valence-corrected chi connectivity index (χ0v) is 14.7. The molecule has 1 aromatic carbocycles. The lowest BCUT2D eigenvalue weighted by Crippen LogP contribution is -2.30. The van der Waals surface area contributed by atoms with Crippen molar-refractivity contribution < 1.29 is 0 Å². The fraction of sp³-hybridized carbons (Fsp3) is 0.167. The minimum absolute atomic E-state index is 0.0998. The van der Waals surface area contributed by atoms with E-state index in [-0.39, 0.29) is 5.56 Å². The normalized spacial score (nSPS) is 11.7. The van der Waals surface area contributed by atoms with Gasteiger partial charge >= 0.3 is 0 Å². The molecular formula is C18H17N7O. The van der Waals surface area contributed by atoms with Gasteiger partial charge in [0.15, 0.2) is 0 Å². The SMILES string of the molecule is Cc1cc(C=Nn2cnnc2)c(C)n1-n1c(C)nc2ccccc2c1=O. The summed E-state index contributed by atoms with van der Waals surface area (Å²) in [6.45, 7) is 5.73. The number of aryl methyl sites for hydroxylation is 2. The van der Waals surface area contributed by atoms with Crippen molar-refractivity contribution in [1.82, 2.24) is 29.2 Å². The first kappa shape index (κ1) is 15.9. The highest BCUT2D eigenvalue weighted by atomic mass is 16.1. The Morgan fingerprint density at radius 3 is 2.54 bits per heavy atom. The first-order valence-corrected chi connectivity index (χ1v) is 8.13. The van der Waals surface area contributed by atoms with Gasteiger partial charge in [-0.2, -0.15) is 9.78 Å². The highest BCUT2D eigenvalue weighted by molar-refractivity contribution is 5.81. The number of hydrogen-bond acceptors (Lipinski definition) is 5. The van der Waals surface area contributed by atoms with E-state index < -0.39 is 0 Å². The lowest BCUT2D eigenvalue weighted by atomic mass is 10.2. The number of nitrogens with zero attached hydrogens (tertiary/aromatic N) is 7. The van der Waals surface area contributed by atoms with Gasteiger partial charge in [-0.3, -0.25) is 9.47 Å². The highest BCUT2D eigenvalue weighted by Gasteiger charge is 2.15. The summed E-state index contributed by atoms with van der Waals surface area (Å²) in [6.07, 6.45) is 4.74. The van der Waals surface area contributed by atoms with Gasteiger partial charge in [-0.25, -0.2) is 9.66 Å². The van der Waals surface area contributed by atoms with Gasteiger partial charge in [-0.1, -0.05) is 12.1 Å². The highest BCUT2D eigenvalue weighted by Crippen LogP contribution is 2.15. The van der Waals surface area contributed by atoms with Gasteiger partial charge in [0.25, 0.3) is 5.56 Å². The number of rotatable bonds is 3. The predicted octanol–water partition coefficient (Wildman–Crippen LogP) is 1.91.